The molecule has 20 heavy (non-hydrogen) atoms. The first-order valence-corrected chi connectivity index (χ1v) is 8.46. The van der Waals surface area contributed by atoms with Crippen LogP contribution in [0, 0.1) is 6.92 Å². The first kappa shape index (κ1) is 15.8. The van der Waals surface area contributed by atoms with Gasteiger partial charge in [0, 0.05) is 6.54 Å². The van der Waals surface area contributed by atoms with Gasteiger partial charge in [0.05, 0.1) is 16.7 Å². The molecule has 1 fully saturated rings. The summed E-state index contributed by atoms with van der Waals surface area (Å²) in [7, 11) is -3.68. The summed E-state index contributed by atoms with van der Waals surface area (Å²) in [6.07, 6.45) is 1.41. The molecule has 1 heterocycles. The van der Waals surface area contributed by atoms with Crippen molar-refractivity contribution in [1.29, 1.82) is 0 Å². The number of benzene rings is 1. The van der Waals surface area contributed by atoms with Crippen LogP contribution >= 0.6 is 11.6 Å². The molecule has 6 heteroatoms. The highest BCUT2D eigenvalue weighted by Gasteiger charge is 2.43. The third kappa shape index (κ3) is 2.86. The van der Waals surface area contributed by atoms with Crippen molar-refractivity contribution in [3.8, 4) is 0 Å². The number of aryl methyl sites for hydroxylation is 1. The topological polar surface area (TPSA) is 57.6 Å². The molecule has 1 aromatic rings. The van der Waals surface area contributed by atoms with Crippen molar-refractivity contribution in [2.45, 2.75) is 50.2 Å². The summed E-state index contributed by atoms with van der Waals surface area (Å²) in [6, 6.07) is 4.49. The highest BCUT2D eigenvalue weighted by atomic mass is 35.5. The number of nitrogens with zero attached hydrogens (tertiary/aromatic N) is 1. The average molecular weight is 318 g/mol. The summed E-state index contributed by atoms with van der Waals surface area (Å²) in [5.41, 5.74) is -0.157. The summed E-state index contributed by atoms with van der Waals surface area (Å²) in [5.74, 6) is 0. The van der Waals surface area contributed by atoms with Crippen LogP contribution in [0.4, 0.5) is 0 Å². The molecule has 4 nitrogen and oxygen atoms in total. The number of hydrogen-bond acceptors (Lipinski definition) is 3. The Morgan fingerprint density at radius 3 is 2.60 bits per heavy atom. The van der Waals surface area contributed by atoms with E-state index in [1.807, 2.05) is 6.92 Å². The maximum absolute atomic E-state index is 12.8. The summed E-state index contributed by atoms with van der Waals surface area (Å²) < 4.78 is 26.9. The molecule has 1 aliphatic heterocycles. The number of hydrogen-bond donors (Lipinski definition) is 1. The van der Waals surface area contributed by atoms with Crippen LogP contribution in [0.5, 0.6) is 0 Å². The van der Waals surface area contributed by atoms with Gasteiger partial charge in [-0.2, -0.15) is 4.31 Å². The largest absolute Gasteiger partial charge is 0.389 e. The van der Waals surface area contributed by atoms with E-state index in [0.717, 1.165) is 12.0 Å². The van der Waals surface area contributed by atoms with E-state index in [1.165, 1.54) is 10.4 Å². The van der Waals surface area contributed by atoms with Crippen LogP contribution in [0.2, 0.25) is 5.02 Å². The SMILES string of the molecule is Cc1ccc(S(=O)(=O)N2CCCC2C(C)(C)O)c(Cl)c1. The second kappa shape index (κ2) is 5.30. The lowest BCUT2D eigenvalue weighted by Gasteiger charge is -2.33. The fraction of sp³-hybridized carbons (Fsp3) is 0.571. The van der Waals surface area contributed by atoms with Gasteiger partial charge < -0.3 is 5.11 Å². The van der Waals surface area contributed by atoms with Gasteiger partial charge in [-0.25, -0.2) is 8.42 Å². The zero-order valence-corrected chi connectivity index (χ0v) is 13.5. The van der Waals surface area contributed by atoms with Gasteiger partial charge >= 0.3 is 0 Å². The normalized spacial score (nSPS) is 21.4. The number of rotatable bonds is 3. The Kier molecular flexibility index (Phi) is 4.17. The van der Waals surface area contributed by atoms with Crippen LogP contribution in [0.3, 0.4) is 0 Å². The molecule has 0 radical (unpaired) electrons. The smallest absolute Gasteiger partial charge is 0.244 e. The average Bonchev–Trinajstić information content (AvgIpc) is 2.77. The molecule has 0 aliphatic carbocycles. The van der Waals surface area contributed by atoms with Gasteiger partial charge in [0.2, 0.25) is 10.0 Å². The van der Waals surface area contributed by atoms with E-state index in [4.69, 9.17) is 11.6 Å². The van der Waals surface area contributed by atoms with E-state index < -0.39 is 21.7 Å². The van der Waals surface area contributed by atoms with E-state index in [1.54, 1.807) is 26.0 Å². The fourth-order valence-electron chi connectivity index (χ4n) is 2.67. The van der Waals surface area contributed by atoms with Crippen molar-refractivity contribution < 1.29 is 13.5 Å². The second-order valence-electron chi connectivity index (χ2n) is 5.86. The standard InChI is InChI=1S/C14H20ClNO3S/c1-10-6-7-12(11(15)9-10)20(18,19)16-8-4-5-13(16)14(2,3)17/h6-7,9,13,17H,4-5,8H2,1-3H3. The Morgan fingerprint density at radius 2 is 2.05 bits per heavy atom. The Hall–Kier alpha value is -0.620. The molecular formula is C14H20ClNO3S. The second-order valence-corrected chi connectivity index (χ2v) is 8.13. The van der Waals surface area contributed by atoms with Gasteiger partial charge in [-0.05, 0) is 51.3 Å². The van der Waals surface area contributed by atoms with Crippen LogP contribution in [0.25, 0.3) is 0 Å². The maximum atomic E-state index is 12.8. The molecule has 1 aliphatic rings. The molecule has 2 rings (SSSR count). The number of sulfonamides is 1. The van der Waals surface area contributed by atoms with Gasteiger partial charge in [-0.3, -0.25) is 0 Å². The summed E-state index contributed by atoms with van der Waals surface area (Å²) in [4.78, 5) is 0.112. The van der Waals surface area contributed by atoms with Crippen molar-refractivity contribution in [2.75, 3.05) is 6.54 Å². The van der Waals surface area contributed by atoms with Crippen LogP contribution in [0.15, 0.2) is 23.1 Å². The molecular weight excluding hydrogens is 298 g/mol. The van der Waals surface area contributed by atoms with Crippen molar-refractivity contribution in [3.63, 3.8) is 0 Å². The van der Waals surface area contributed by atoms with Crippen LogP contribution in [-0.2, 0) is 10.0 Å². The van der Waals surface area contributed by atoms with E-state index in [0.29, 0.717) is 13.0 Å². The molecule has 0 saturated carbocycles. The minimum Gasteiger partial charge on any atom is -0.389 e. The lowest BCUT2D eigenvalue weighted by Crippen LogP contribution is -2.48. The van der Waals surface area contributed by atoms with Gasteiger partial charge in [-0.1, -0.05) is 17.7 Å². The van der Waals surface area contributed by atoms with E-state index in [9.17, 15) is 13.5 Å². The summed E-state index contributed by atoms with van der Waals surface area (Å²) in [5, 5.41) is 10.4. The molecule has 1 atom stereocenters. The zero-order valence-electron chi connectivity index (χ0n) is 11.9. The first-order chi connectivity index (χ1) is 9.14. The van der Waals surface area contributed by atoms with Gasteiger partial charge in [0.1, 0.15) is 4.90 Å². The van der Waals surface area contributed by atoms with Gasteiger partial charge in [0.25, 0.3) is 0 Å². The van der Waals surface area contributed by atoms with Crippen LogP contribution < -0.4 is 0 Å². The van der Waals surface area contributed by atoms with Crippen molar-refractivity contribution in [1.82, 2.24) is 4.31 Å². The monoisotopic (exact) mass is 317 g/mol. The van der Waals surface area contributed by atoms with E-state index >= 15 is 0 Å². The van der Waals surface area contributed by atoms with E-state index in [2.05, 4.69) is 0 Å². The van der Waals surface area contributed by atoms with Crippen molar-refractivity contribution >= 4 is 21.6 Å². The highest BCUT2D eigenvalue weighted by Crippen LogP contribution is 2.34. The third-order valence-electron chi connectivity index (χ3n) is 3.69. The lowest BCUT2D eigenvalue weighted by molar-refractivity contribution is 0.0215. The Morgan fingerprint density at radius 1 is 1.40 bits per heavy atom. The number of halogens is 1. The minimum absolute atomic E-state index is 0.112. The van der Waals surface area contributed by atoms with Crippen molar-refractivity contribution in [2.24, 2.45) is 0 Å². The fourth-order valence-corrected chi connectivity index (χ4v) is 5.07. The Balaban J connectivity index is 2.44. The van der Waals surface area contributed by atoms with Crippen LogP contribution in [0.1, 0.15) is 32.3 Å². The Labute approximate surface area is 125 Å². The third-order valence-corrected chi connectivity index (χ3v) is 6.08. The molecule has 112 valence electrons. The lowest BCUT2D eigenvalue weighted by atomic mass is 9.98. The number of aliphatic hydroxyl groups is 1. The summed E-state index contributed by atoms with van der Waals surface area (Å²) in [6.45, 7) is 5.56. The molecule has 1 saturated heterocycles. The van der Waals surface area contributed by atoms with Crippen molar-refractivity contribution in [3.05, 3.63) is 28.8 Å². The predicted molar refractivity (Wildman–Crippen MR) is 79.4 cm³/mol. The molecule has 1 N–H and O–H groups in total. The van der Waals surface area contributed by atoms with Crippen LogP contribution in [-0.4, -0.2) is 36.0 Å². The maximum Gasteiger partial charge on any atom is 0.244 e. The van der Waals surface area contributed by atoms with Gasteiger partial charge in [-0.15, -0.1) is 0 Å². The quantitative estimate of drug-likeness (QED) is 0.932. The predicted octanol–water partition coefficient (Wildman–Crippen LogP) is 2.57. The molecule has 0 amide bonds. The molecule has 0 bridgehead atoms. The minimum atomic E-state index is -3.68. The first-order valence-electron chi connectivity index (χ1n) is 6.64. The molecule has 0 spiro atoms. The molecule has 1 unspecified atom stereocenters. The molecule has 1 aromatic carbocycles. The van der Waals surface area contributed by atoms with E-state index in [-0.39, 0.29) is 9.92 Å². The Bertz CT molecular complexity index is 607. The van der Waals surface area contributed by atoms with Gasteiger partial charge in [0.15, 0.2) is 0 Å². The molecule has 0 aromatic heterocycles. The zero-order chi connectivity index (χ0) is 15.1. The highest BCUT2D eigenvalue weighted by molar-refractivity contribution is 7.89. The summed E-state index contributed by atoms with van der Waals surface area (Å²) >= 11 is 6.09.